The number of hydrogen-bond acceptors (Lipinski definition) is 8. The van der Waals surface area contributed by atoms with Crippen molar-refractivity contribution in [1.82, 2.24) is 25.1 Å². The molecule has 0 saturated heterocycles. The molecule has 5 rings (SSSR count). The van der Waals surface area contributed by atoms with E-state index in [1.165, 1.54) is 0 Å². The predicted octanol–water partition coefficient (Wildman–Crippen LogP) is 4.30. The van der Waals surface area contributed by atoms with Gasteiger partial charge < -0.3 is 13.7 Å². The molecule has 0 spiro atoms. The highest BCUT2D eigenvalue weighted by atomic mass is 16.5. The monoisotopic (exact) mass is 377 g/mol. The number of hydrogen-bond donors (Lipinski definition) is 0. The molecule has 1 unspecified atom stereocenters. The minimum absolute atomic E-state index is 0.300. The first-order chi connectivity index (χ1) is 13.6. The Morgan fingerprint density at radius 1 is 1.14 bits per heavy atom. The maximum atomic E-state index is 6.07. The molecule has 1 saturated carbocycles. The van der Waals surface area contributed by atoms with Crippen LogP contribution in [0.3, 0.4) is 0 Å². The summed E-state index contributed by atoms with van der Waals surface area (Å²) in [5, 5.41) is 4.80. The Hall–Kier alpha value is -3.29. The van der Waals surface area contributed by atoms with Crippen molar-refractivity contribution in [3.8, 4) is 17.3 Å². The van der Waals surface area contributed by atoms with Crippen LogP contribution in [-0.4, -0.2) is 25.1 Å². The molecule has 8 heteroatoms. The fraction of sp³-hybridized carbons (Fsp3) is 0.350. The normalized spacial score (nSPS) is 15.1. The number of nitrogens with zero attached hydrogens (tertiary/aromatic N) is 5. The van der Waals surface area contributed by atoms with E-state index in [1.807, 2.05) is 39.0 Å². The van der Waals surface area contributed by atoms with Crippen LogP contribution in [0.1, 0.15) is 54.9 Å². The van der Waals surface area contributed by atoms with E-state index in [9.17, 15) is 0 Å². The lowest BCUT2D eigenvalue weighted by Crippen LogP contribution is -2.07. The van der Waals surface area contributed by atoms with Gasteiger partial charge in [0.25, 0.3) is 5.89 Å². The van der Waals surface area contributed by atoms with Crippen LogP contribution >= 0.6 is 0 Å². The van der Waals surface area contributed by atoms with Gasteiger partial charge in [-0.2, -0.15) is 15.0 Å². The highest BCUT2D eigenvalue weighted by Gasteiger charge is 2.29. The van der Waals surface area contributed by atoms with Crippen molar-refractivity contribution < 1.29 is 13.7 Å². The van der Waals surface area contributed by atoms with Crippen LogP contribution in [0, 0.1) is 13.8 Å². The van der Waals surface area contributed by atoms with E-state index in [0.717, 1.165) is 41.1 Å². The second kappa shape index (κ2) is 6.40. The Morgan fingerprint density at radius 2 is 2.00 bits per heavy atom. The lowest BCUT2D eigenvalue weighted by Gasteiger charge is -2.14. The van der Waals surface area contributed by atoms with Crippen molar-refractivity contribution >= 4 is 11.1 Å². The zero-order valence-electron chi connectivity index (χ0n) is 15.8. The molecule has 0 N–H and O–H groups in total. The zero-order valence-corrected chi connectivity index (χ0v) is 15.8. The van der Waals surface area contributed by atoms with Crippen molar-refractivity contribution in [3.63, 3.8) is 0 Å². The summed E-state index contributed by atoms with van der Waals surface area (Å²) in [5.41, 5.74) is 2.09. The van der Waals surface area contributed by atoms with Crippen molar-refractivity contribution in [2.75, 3.05) is 0 Å². The molecular formula is C20H19N5O3. The summed E-state index contributed by atoms with van der Waals surface area (Å²) in [6, 6.07) is 5.68. The van der Waals surface area contributed by atoms with Crippen LogP contribution in [0.25, 0.3) is 22.6 Å². The number of rotatable bonds is 5. The molecule has 4 aromatic heterocycles. The second-order valence-electron chi connectivity index (χ2n) is 7.12. The van der Waals surface area contributed by atoms with Crippen molar-refractivity contribution in [3.05, 3.63) is 47.5 Å². The topological polar surface area (TPSA) is 100.0 Å². The van der Waals surface area contributed by atoms with Gasteiger partial charge >= 0.3 is 0 Å². The van der Waals surface area contributed by atoms with E-state index in [2.05, 4.69) is 25.1 Å². The Labute approximate surface area is 161 Å². The quantitative estimate of drug-likeness (QED) is 0.507. The molecule has 4 heterocycles. The average molecular weight is 377 g/mol. The summed E-state index contributed by atoms with van der Waals surface area (Å²) >= 11 is 0. The second-order valence-corrected chi connectivity index (χ2v) is 7.12. The Morgan fingerprint density at radius 3 is 2.75 bits per heavy atom. The molecule has 0 bridgehead atoms. The Balaban J connectivity index is 1.37. The van der Waals surface area contributed by atoms with Gasteiger partial charge in [-0.15, -0.1) is 0 Å². The number of ether oxygens (including phenoxy) is 1. The van der Waals surface area contributed by atoms with E-state index in [4.69, 9.17) is 13.7 Å². The van der Waals surface area contributed by atoms with E-state index in [0.29, 0.717) is 29.2 Å². The summed E-state index contributed by atoms with van der Waals surface area (Å²) < 4.78 is 17.0. The van der Waals surface area contributed by atoms with Gasteiger partial charge in [-0.25, -0.2) is 0 Å². The lowest BCUT2D eigenvalue weighted by molar-refractivity contribution is 0.215. The molecular weight excluding hydrogens is 358 g/mol. The maximum Gasteiger partial charge on any atom is 0.259 e. The third-order valence-corrected chi connectivity index (χ3v) is 4.72. The third-order valence-electron chi connectivity index (χ3n) is 4.72. The van der Waals surface area contributed by atoms with Gasteiger partial charge in [0.15, 0.2) is 5.82 Å². The molecule has 8 nitrogen and oxygen atoms in total. The minimum atomic E-state index is -0.300. The van der Waals surface area contributed by atoms with Gasteiger partial charge in [0.05, 0.1) is 11.3 Å². The van der Waals surface area contributed by atoms with Crippen LogP contribution in [0.5, 0.6) is 5.88 Å². The molecule has 1 aliphatic carbocycles. The smallest absolute Gasteiger partial charge is 0.259 e. The third kappa shape index (κ3) is 3.11. The summed E-state index contributed by atoms with van der Waals surface area (Å²) in [7, 11) is 0. The largest absolute Gasteiger partial charge is 0.468 e. The van der Waals surface area contributed by atoms with Gasteiger partial charge in [0.2, 0.25) is 11.6 Å². The van der Waals surface area contributed by atoms with Crippen molar-refractivity contribution in [1.29, 1.82) is 0 Å². The molecule has 4 aromatic rings. The molecule has 1 aliphatic rings. The molecule has 28 heavy (non-hydrogen) atoms. The summed E-state index contributed by atoms with van der Waals surface area (Å²) in [6.07, 6.45) is 3.70. The first-order valence-corrected chi connectivity index (χ1v) is 9.28. The standard InChI is InChI=1S/C20H19N5O3/c1-10-8-15-19(26-10)22-12(3)23-20(15)27-11(2)16-7-6-14(9-21-16)18-24-17(25-28-18)13-4-5-13/h6-9,11,13H,4-5H2,1-3H3. The zero-order chi connectivity index (χ0) is 19.3. The molecule has 0 radical (unpaired) electrons. The lowest BCUT2D eigenvalue weighted by atomic mass is 10.2. The minimum Gasteiger partial charge on any atom is -0.468 e. The Kier molecular flexibility index (Phi) is 3.85. The number of furan rings is 1. The van der Waals surface area contributed by atoms with Crippen LogP contribution in [-0.2, 0) is 0 Å². The fourth-order valence-corrected chi connectivity index (χ4v) is 3.07. The van der Waals surface area contributed by atoms with E-state index in [-0.39, 0.29) is 6.10 Å². The predicted molar refractivity (Wildman–Crippen MR) is 99.8 cm³/mol. The number of pyridine rings is 1. The molecule has 1 fully saturated rings. The molecule has 0 aromatic carbocycles. The summed E-state index contributed by atoms with van der Waals surface area (Å²) in [4.78, 5) is 17.7. The highest BCUT2D eigenvalue weighted by molar-refractivity contribution is 5.79. The Bertz CT molecular complexity index is 1140. The first kappa shape index (κ1) is 16.9. The SMILES string of the molecule is Cc1nc(OC(C)c2ccc(-c3nc(C4CC4)no3)cn2)c2cc(C)oc2n1. The van der Waals surface area contributed by atoms with Crippen molar-refractivity contribution in [2.24, 2.45) is 0 Å². The molecule has 0 aliphatic heterocycles. The van der Waals surface area contributed by atoms with Crippen LogP contribution in [0.2, 0.25) is 0 Å². The van der Waals surface area contributed by atoms with Gasteiger partial charge in [-0.05, 0) is 51.8 Å². The fourth-order valence-electron chi connectivity index (χ4n) is 3.07. The average Bonchev–Trinajstić information content (AvgIpc) is 3.28. The van der Waals surface area contributed by atoms with Crippen LogP contribution in [0.4, 0.5) is 0 Å². The van der Waals surface area contributed by atoms with Gasteiger partial charge in [-0.1, -0.05) is 5.16 Å². The molecule has 0 amide bonds. The van der Waals surface area contributed by atoms with E-state index >= 15 is 0 Å². The molecule has 142 valence electrons. The summed E-state index contributed by atoms with van der Waals surface area (Å²) in [6.45, 7) is 5.61. The van der Waals surface area contributed by atoms with E-state index in [1.54, 1.807) is 6.20 Å². The maximum absolute atomic E-state index is 6.07. The first-order valence-electron chi connectivity index (χ1n) is 9.28. The molecule has 1 atom stereocenters. The van der Waals surface area contributed by atoms with Crippen molar-refractivity contribution in [2.45, 2.75) is 45.6 Å². The van der Waals surface area contributed by atoms with Gasteiger partial charge in [-0.3, -0.25) is 4.98 Å². The van der Waals surface area contributed by atoms with Gasteiger partial charge in [0.1, 0.15) is 23.1 Å². The number of aryl methyl sites for hydroxylation is 2. The number of fused-ring (bicyclic) bond motifs is 1. The van der Waals surface area contributed by atoms with E-state index < -0.39 is 0 Å². The van der Waals surface area contributed by atoms with Crippen LogP contribution < -0.4 is 4.74 Å². The van der Waals surface area contributed by atoms with Gasteiger partial charge in [0, 0.05) is 12.1 Å². The highest BCUT2D eigenvalue weighted by Crippen LogP contribution is 2.39. The van der Waals surface area contributed by atoms with Crippen LogP contribution in [0.15, 0.2) is 33.3 Å². The summed E-state index contributed by atoms with van der Waals surface area (Å²) in [5.74, 6) is 3.59. The number of aromatic nitrogens is 5.